The largest absolute Gasteiger partial charge is 0.872 e. The van der Waals surface area contributed by atoms with Crippen molar-refractivity contribution in [3.63, 3.8) is 0 Å². The zero-order valence-corrected chi connectivity index (χ0v) is 15.8. The molecule has 29 heavy (non-hydrogen) atoms. The van der Waals surface area contributed by atoms with E-state index in [0.29, 0.717) is 5.69 Å². The molecule has 1 amide bonds. The van der Waals surface area contributed by atoms with E-state index in [-0.39, 0.29) is 18.0 Å². The zero-order chi connectivity index (χ0) is 21.2. The number of anilines is 2. The Hall–Kier alpha value is -3.81. The van der Waals surface area contributed by atoms with Gasteiger partial charge >= 0.3 is 11.9 Å². The number of nitrogens with one attached hydrogen (secondary N) is 1. The van der Waals surface area contributed by atoms with Crippen LogP contribution >= 0.6 is 0 Å². The molecule has 0 radical (unpaired) electrons. The Morgan fingerprint density at radius 2 is 1.90 bits per heavy atom. The number of ether oxygens (including phenoxy) is 1. The van der Waals surface area contributed by atoms with Gasteiger partial charge in [0.05, 0.1) is 12.2 Å². The van der Waals surface area contributed by atoms with E-state index in [4.69, 9.17) is 9.84 Å². The minimum absolute atomic E-state index is 0.0689. The fourth-order valence-electron chi connectivity index (χ4n) is 3.15. The minimum Gasteiger partial charge on any atom is -0.872 e. The van der Waals surface area contributed by atoms with E-state index in [2.05, 4.69) is 5.32 Å². The molecule has 1 atom stereocenters. The zero-order valence-electron chi connectivity index (χ0n) is 15.8. The Balaban J connectivity index is 2.01. The van der Waals surface area contributed by atoms with Gasteiger partial charge in [0, 0.05) is 11.4 Å². The SMILES string of the molecule is CCOC(=O)[C@]1(C)C=C(Nc2ccc([O-])c(C(=O)O)c2)C(=O)N1c1ccccc1. The average Bonchev–Trinajstić information content (AvgIpc) is 2.95. The second-order valence-electron chi connectivity index (χ2n) is 6.54. The summed E-state index contributed by atoms with van der Waals surface area (Å²) in [6, 6.07) is 12.3. The van der Waals surface area contributed by atoms with E-state index in [0.717, 1.165) is 12.1 Å². The van der Waals surface area contributed by atoms with Crippen LogP contribution in [0.1, 0.15) is 24.2 Å². The minimum atomic E-state index is -1.40. The molecule has 1 aliphatic heterocycles. The van der Waals surface area contributed by atoms with Crippen molar-refractivity contribution >= 4 is 29.2 Å². The quantitative estimate of drug-likeness (QED) is 0.719. The van der Waals surface area contributed by atoms with Crippen molar-refractivity contribution in [2.75, 3.05) is 16.8 Å². The van der Waals surface area contributed by atoms with Crippen LogP contribution in [0.5, 0.6) is 5.75 Å². The lowest BCUT2D eigenvalue weighted by Gasteiger charge is -2.32. The summed E-state index contributed by atoms with van der Waals surface area (Å²) in [5.41, 5.74) is -1.01. The molecule has 1 aliphatic rings. The maximum absolute atomic E-state index is 13.1. The lowest BCUT2D eigenvalue weighted by atomic mass is 10.0. The topological polar surface area (TPSA) is 119 Å². The van der Waals surface area contributed by atoms with Crippen LogP contribution in [0.25, 0.3) is 0 Å². The van der Waals surface area contributed by atoms with Gasteiger partial charge in [0.1, 0.15) is 5.70 Å². The molecule has 0 spiro atoms. The third kappa shape index (κ3) is 3.64. The smallest absolute Gasteiger partial charge is 0.336 e. The number of nitrogens with zero attached hydrogens (tertiary/aromatic N) is 1. The first-order valence-electron chi connectivity index (χ1n) is 8.89. The number of carbonyl (C=O) groups excluding carboxylic acids is 2. The van der Waals surface area contributed by atoms with Crippen molar-refractivity contribution in [1.82, 2.24) is 0 Å². The highest BCUT2D eigenvalue weighted by Gasteiger charge is 2.49. The molecule has 2 aromatic rings. The van der Waals surface area contributed by atoms with E-state index in [1.54, 1.807) is 44.2 Å². The number of rotatable bonds is 6. The number of hydrogen-bond donors (Lipinski definition) is 2. The van der Waals surface area contributed by atoms with Crippen molar-refractivity contribution in [2.45, 2.75) is 19.4 Å². The first-order valence-corrected chi connectivity index (χ1v) is 8.89. The van der Waals surface area contributed by atoms with Gasteiger partial charge in [-0.1, -0.05) is 30.0 Å². The molecule has 2 aromatic carbocycles. The van der Waals surface area contributed by atoms with Crippen molar-refractivity contribution in [2.24, 2.45) is 0 Å². The Bertz CT molecular complexity index is 1000. The van der Waals surface area contributed by atoms with Gasteiger partial charge in [-0.25, -0.2) is 9.59 Å². The number of carboxylic acid groups (broad SMARTS) is 1. The Labute approximate surface area is 167 Å². The van der Waals surface area contributed by atoms with Crippen LogP contribution < -0.4 is 15.3 Å². The third-order valence-electron chi connectivity index (χ3n) is 4.52. The van der Waals surface area contributed by atoms with E-state index in [1.807, 2.05) is 0 Å². The van der Waals surface area contributed by atoms with Gasteiger partial charge in [-0.05, 0) is 44.2 Å². The maximum atomic E-state index is 13.1. The molecule has 8 heteroatoms. The first kappa shape index (κ1) is 19.9. The number of benzene rings is 2. The van der Waals surface area contributed by atoms with Gasteiger partial charge < -0.3 is 20.3 Å². The molecule has 2 N–H and O–H groups in total. The number of para-hydroxylation sites is 1. The van der Waals surface area contributed by atoms with Crippen molar-refractivity contribution in [3.8, 4) is 5.75 Å². The summed E-state index contributed by atoms with van der Waals surface area (Å²) >= 11 is 0. The predicted molar refractivity (Wildman–Crippen MR) is 104 cm³/mol. The van der Waals surface area contributed by atoms with E-state index in [9.17, 15) is 19.5 Å². The van der Waals surface area contributed by atoms with E-state index >= 15 is 0 Å². The summed E-state index contributed by atoms with van der Waals surface area (Å²) in [7, 11) is 0. The molecule has 8 nitrogen and oxygen atoms in total. The number of carboxylic acids is 1. The summed E-state index contributed by atoms with van der Waals surface area (Å²) in [5, 5.41) is 23.6. The third-order valence-corrected chi connectivity index (χ3v) is 4.52. The van der Waals surface area contributed by atoms with Crippen molar-refractivity contribution in [3.05, 3.63) is 65.9 Å². The van der Waals surface area contributed by atoms with Crippen LogP contribution in [0, 0.1) is 0 Å². The number of aromatic carboxylic acids is 1. The second-order valence-corrected chi connectivity index (χ2v) is 6.54. The van der Waals surface area contributed by atoms with Crippen molar-refractivity contribution in [1.29, 1.82) is 0 Å². The van der Waals surface area contributed by atoms with Gasteiger partial charge in [0.15, 0.2) is 5.54 Å². The number of carbonyl (C=O) groups is 3. The Morgan fingerprint density at radius 1 is 1.21 bits per heavy atom. The second kappa shape index (κ2) is 7.67. The lowest BCUT2D eigenvalue weighted by molar-refractivity contribution is -0.268. The predicted octanol–water partition coefficient (Wildman–Crippen LogP) is 2.12. The molecule has 0 bridgehead atoms. The maximum Gasteiger partial charge on any atom is 0.336 e. The average molecular weight is 395 g/mol. The highest BCUT2D eigenvalue weighted by molar-refractivity contribution is 6.16. The summed E-state index contributed by atoms with van der Waals surface area (Å²) in [4.78, 5) is 38.3. The fourth-order valence-corrected chi connectivity index (χ4v) is 3.15. The highest BCUT2D eigenvalue weighted by Crippen LogP contribution is 2.35. The Kier molecular flexibility index (Phi) is 5.27. The number of amides is 1. The van der Waals surface area contributed by atoms with Crippen LogP contribution in [-0.4, -0.2) is 35.1 Å². The lowest BCUT2D eigenvalue weighted by Crippen LogP contribution is -2.51. The van der Waals surface area contributed by atoms with Gasteiger partial charge in [0.2, 0.25) is 0 Å². The molecule has 1 heterocycles. The van der Waals surface area contributed by atoms with E-state index < -0.39 is 34.7 Å². The molecule has 150 valence electrons. The molecule has 0 aromatic heterocycles. The highest BCUT2D eigenvalue weighted by atomic mass is 16.5. The molecule has 0 aliphatic carbocycles. The standard InChI is InChI=1S/C21H20N2O6/c1-3-29-20(28)21(2)12-16(18(25)23(21)14-7-5-4-6-8-14)22-13-9-10-17(24)15(11-13)19(26)27/h4-12,22,24H,3H2,1-2H3,(H,26,27)/p-1/t21-/m0/s1. The molecule has 3 rings (SSSR count). The van der Waals surface area contributed by atoms with Crippen LogP contribution in [0.2, 0.25) is 0 Å². The number of hydrogen-bond acceptors (Lipinski definition) is 6. The molecule has 0 unspecified atom stereocenters. The van der Waals surface area contributed by atoms with Crippen LogP contribution in [0.4, 0.5) is 11.4 Å². The summed E-state index contributed by atoms with van der Waals surface area (Å²) in [6.45, 7) is 3.38. The molecular formula is C21H19N2O6-. The van der Waals surface area contributed by atoms with Crippen LogP contribution in [0.3, 0.4) is 0 Å². The van der Waals surface area contributed by atoms with Crippen LogP contribution in [0.15, 0.2) is 60.3 Å². The Morgan fingerprint density at radius 3 is 2.52 bits per heavy atom. The molecule has 0 saturated heterocycles. The fraction of sp³-hybridized carbons (Fsp3) is 0.190. The summed E-state index contributed by atoms with van der Waals surface area (Å²) in [6.07, 6.45) is 1.44. The molecule has 0 saturated carbocycles. The first-order chi connectivity index (χ1) is 13.8. The van der Waals surface area contributed by atoms with E-state index in [1.165, 1.54) is 17.0 Å². The van der Waals surface area contributed by atoms with Gasteiger partial charge in [0.25, 0.3) is 5.91 Å². The molecule has 0 fully saturated rings. The van der Waals surface area contributed by atoms with Crippen LogP contribution in [-0.2, 0) is 14.3 Å². The normalized spacial score (nSPS) is 18.3. The summed E-state index contributed by atoms with van der Waals surface area (Å²) in [5.74, 6) is -3.10. The van der Waals surface area contributed by atoms with Gasteiger partial charge in [-0.15, -0.1) is 0 Å². The molecular weight excluding hydrogens is 376 g/mol. The van der Waals surface area contributed by atoms with Crippen molar-refractivity contribution < 1.29 is 29.3 Å². The number of esters is 1. The summed E-state index contributed by atoms with van der Waals surface area (Å²) < 4.78 is 5.17. The van der Waals surface area contributed by atoms with Gasteiger partial charge in [-0.2, -0.15) is 0 Å². The van der Waals surface area contributed by atoms with Gasteiger partial charge in [-0.3, -0.25) is 9.69 Å². The monoisotopic (exact) mass is 395 g/mol.